The summed E-state index contributed by atoms with van der Waals surface area (Å²) in [6.45, 7) is 10.1. The van der Waals surface area contributed by atoms with Crippen molar-refractivity contribution in [3.8, 4) is 0 Å². The molecule has 1 rings (SSSR count). The topological polar surface area (TPSA) is 3.24 Å². The second kappa shape index (κ2) is 6.47. The smallest absolute Gasteiger partial charge is 0.289 e. The summed E-state index contributed by atoms with van der Waals surface area (Å²) >= 11 is 0. The molecule has 0 aromatic heterocycles. The fourth-order valence-electron chi connectivity index (χ4n) is 2.93. The summed E-state index contributed by atoms with van der Waals surface area (Å²) in [6.07, 6.45) is -1.12. The van der Waals surface area contributed by atoms with Crippen LogP contribution in [0.1, 0.15) is 53.9 Å². The third-order valence-electron chi connectivity index (χ3n) is 3.87. The number of rotatable bonds is 7. The normalized spacial score (nSPS) is 20.4. The van der Waals surface area contributed by atoms with Crippen molar-refractivity contribution in [1.29, 1.82) is 0 Å². The predicted octanol–water partition coefficient (Wildman–Crippen LogP) is 4.72. The molecule has 1 saturated carbocycles. The van der Waals surface area contributed by atoms with Crippen LogP contribution < -0.4 is 0 Å². The lowest BCUT2D eigenvalue weighted by Gasteiger charge is -2.40. The van der Waals surface area contributed by atoms with Crippen molar-refractivity contribution in [2.24, 2.45) is 17.8 Å². The van der Waals surface area contributed by atoms with Crippen LogP contribution in [0.4, 0.5) is 13.2 Å². The van der Waals surface area contributed by atoms with Crippen LogP contribution in [0.25, 0.3) is 0 Å². The van der Waals surface area contributed by atoms with E-state index >= 15 is 0 Å². The van der Waals surface area contributed by atoms with Gasteiger partial charge in [-0.3, -0.25) is 4.90 Å². The summed E-state index contributed by atoms with van der Waals surface area (Å²) in [4.78, 5) is 1.72. The summed E-state index contributed by atoms with van der Waals surface area (Å²) < 4.78 is 40.0. The zero-order chi connectivity index (χ0) is 14.8. The van der Waals surface area contributed by atoms with E-state index in [-0.39, 0.29) is 6.04 Å². The average Bonchev–Trinajstić information content (AvgIpc) is 2.96. The number of hydrogen-bond acceptors (Lipinski definition) is 1. The maximum atomic E-state index is 13.3. The third kappa shape index (κ3) is 5.33. The molecular weight excluding hydrogens is 251 g/mol. The molecule has 0 aliphatic heterocycles. The van der Waals surface area contributed by atoms with Gasteiger partial charge in [-0.05, 0) is 43.9 Å². The van der Waals surface area contributed by atoms with Gasteiger partial charge in [0.2, 0.25) is 0 Å². The zero-order valence-electron chi connectivity index (χ0n) is 12.8. The summed E-state index contributed by atoms with van der Waals surface area (Å²) in [5.74, 6) is 0.518. The molecule has 1 aliphatic rings. The minimum Gasteiger partial charge on any atom is -0.289 e. The Morgan fingerprint density at radius 3 is 1.89 bits per heavy atom. The molecule has 0 saturated heterocycles. The van der Waals surface area contributed by atoms with Crippen LogP contribution in [0, 0.1) is 17.8 Å². The van der Waals surface area contributed by atoms with Crippen molar-refractivity contribution in [3.63, 3.8) is 0 Å². The van der Waals surface area contributed by atoms with Gasteiger partial charge in [-0.1, -0.05) is 27.7 Å². The Balaban J connectivity index is 2.85. The second-order valence-corrected chi connectivity index (χ2v) is 6.85. The van der Waals surface area contributed by atoms with Crippen molar-refractivity contribution >= 4 is 0 Å². The Hall–Kier alpha value is -0.250. The molecule has 0 heterocycles. The first kappa shape index (κ1) is 16.8. The van der Waals surface area contributed by atoms with Crippen molar-refractivity contribution in [1.82, 2.24) is 4.90 Å². The molecule has 0 radical (unpaired) electrons. The van der Waals surface area contributed by atoms with Crippen LogP contribution >= 0.6 is 0 Å². The Morgan fingerprint density at radius 1 is 1.05 bits per heavy atom. The van der Waals surface area contributed by atoms with Gasteiger partial charge in [0.1, 0.15) is 6.04 Å². The van der Waals surface area contributed by atoms with E-state index in [0.29, 0.717) is 18.4 Å². The maximum absolute atomic E-state index is 13.3. The SMILES string of the molecule is CC(C)CC(C)N(CC1CC1)[C@@H](C(C)C)C(F)(F)F. The molecule has 0 aromatic carbocycles. The highest BCUT2D eigenvalue weighted by Gasteiger charge is 2.47. The molecule has 19 heavy (non-hydrogen) atoms. The minimum absolute atomic E-state index is 0.00498. The first-order valence-corrected chi connectivity index (χ1v) is 7.45. The first-order chi connectivity index (χ1) is 8.62. The van der Waals surface area contributed by atoms with Crippen LogP contribution in [0.3, 0.4) is 0 Å². The van der Waals surface area contributed by atoms with E-state index in [1.807, 2.05) is 6.92 Å². The highest BCUT2D eigenvalue weighted by Crippen LogP contribution is 2.37. The van der Waals surface area contributed by atoms with E-state index in [2.05, 4.69) is 13.8 Å². The van der Waals surface area contributed by atoms with E-state index in [0.717, 1.165) is 19.3 Å². The average molecular weight is 279 g/mol. The number of hydrogen-bond donors (Lipinski definition) is 0. The molecule has 0 aromatic rings. The summed E-state index contributed by atoms with van der Waals surface area (Å²) in [5, 5.41) is 0. The lowest BCUT2D eigenvalue weighted by molar-refractivity contribution is -0.201. The van der Waals surface area contributed by atoms with Gasteiger partial charge in [-0.15, -0.1) is 0 Å². The number of nitrogens with zero attached hydrogens (tertiary/aromatic N) is 1. The summed E-state index contributed by atoms with van der Waals surface area (Å²) in [6, 6.07) is -1.31. The first-order valence-electron chi connectivity index (χ1n) is 7.45. The van der Waals surface area contributed by atoms with Gasteiger partial charge in [0.05, 0.1) is 0 Å². The molecule has 114 valence electrons. The van der Waals surface area contributed by atoms with E-state index in [4.69, 9.17) is 0 Å². The Morgan fingerprint density at radius 2 is 1.58 bits per heavy atom. The minimum atomic E-state index is -4.13. The van der Waals surface area contributed by atoms with Gasteiger partial charge < -0.3 is 0 Å². The highest BCUT2D eigenvalue weighted by atomic mass is 19.4. The fourth-order valence-corrected chi connectivity index (χ4v) is 2.93. The van der Waals surface area contributed by atoms with Gasteiger partial charge >= 0.3 is 6.18 Å². The van der Waals surface area contributed by atoms with Crippen molar-refractivity contribution in [2.45, 2.75) is 72.1 Å². The Kier molecular flexibility index (Phi) is 5.72. The van der Waals surface area contributed by atoms with Gasteiger partial charge in [-0.2, -0.15) is 13.2 Å². The van der Waals surface area contributed by atoms with Crippen LogP contribution in [-0.2, 0) is 0 Å². The van der Waals surface area contributed by atoms with Gasteiger partial charge in [-0.25, -0.2) is 0 Å². The van der Waals surface area contributed by atoms with E-state index < -0.39 is 18.1 Å². The molecule has 0 spiro atoms. The molecule has 1 fully saturated rings. The molecule has 2 atom stereocenters. The van der Waals surface area contributed by atoms with Gasteiger partial charge in [0, 0.05) is 12.6 Å². The Bertz CT molecular complexity index is 269. The molecule has 0 amide bonds. The number of alkyl halides is 3. The van der Waals surface area contributed by atoms with Crippen molar-refractivity contribution in [3.05, 3.63) is 0 Å². The maximum Gasteiger partial charge on any atom is 0.404 e. The van der Waals surface area contributed by atoms with Crippen LogP contribution in [0.15, 0.2) is 0 Å². The van der Waals surface area contributed by atoms with Gasteiger partial charge in [0.15, 0.2) is 0 Å². The van der Waals surface area contributed by atoms with Gasteiger partial charge in [0.25, 0.3) is 0 Å². The third-order valence-corrected chi connectivity index (χ3v) is 3.87. The van der Waals surface area contributed by atoms with Crippen LogP contribution in [-0.4, -0.2) is 29.7 Å². The highest BCUT2D eigenvalue weighted by molar-refractivity contribution is 4.89. The quantitative estimate of drug-likeness (QED) is 0.652. The van der Waals surface area contributed by atoms with Crippen LogP contribution in [0.5, 0.6) is 0 Å². The largest absolute Gasteiger partial charge is 0.404 e. The van der Waals surface area contributed by atoms with Crippen molar-refractivity contribution < 1.29 is 13.2 Å². The molecule has 1 unspecified atom stereocenters. The zero-order valence-corrected chi connectivity index (χ0v) is 12.8. The van der Waals surface area contributed by atoms with Crippen molar-refractivity contribution in [2.75, 3.05) is 6.54 Å². The summed E-state index contributed by atoms with van der Waals surface area (Å²) in [7, 11) is 0. The van der Waals surface area contributed by atoms with Crippen LogP contribution in [0.2, 0.25) is 0 Å². The van der Waals surface area contributed by atoms with E-state index in [9.17, 15) is 13.2 Å². The lowest BCUT2D eigenvalue weighted by atomic mass is 9.96. The monoisotopic (exact) mass is 279 g/mol. The second-order valence-electron chi connectivity index (χ2n) is 6.85. The molecule has 4 heteroatoms. The van der Waals surface area contributed by atoms with E-state index in [1.54, 1.807) is 18.7 Å². The molecular formula is C15H28F3N. The molecule has 0 bridgehead atoms. The Labute approximate surface area is 115 Å². The standard InChI is InChI=1S/C15H28F3N/c1-10(2)8-12(5)19(9-13-6-7-13)14(11(3)4)15(16,17)18/h10-14H,6-9H2,1-5H3/t12?,14-/m0/s1. The number of halogens is 3. The fraction of sp³-hybridized carbons (Fsp3) is 1.00. The molecule has 1 aliphatic carbocycles. The van der Waals surface area contributed by atoms with E-state index in [1.165, 1.54) is 0 Å². The molecule has 1 nitrogen and oxygen atoms in total. The molecule has 0 N–H and O–H groups in total. The summed E-state index contributed by atoms with van der Waals surface area (Å²) in [5.41, 5.74) is 0. The predicted molar refractivity (Wildman–Crippen MR) is 73.0 cm³/mol. The lowest BCUT2D eigenvalue weighted by Crippen LogP contribution is -2.53.